The number of benzene rings is 3. The van der Waals surface area contributed by atoms with Gasteiger partial charge in [-0.05, 0) is 41.5 Å². The second kappa shape index (κ2) is 9.65. The minimum absolute atomic E-state index is 0.111. The normalized spacial score (nSPS) is 11.5. The lowest BCUT2D eigenvalue weighted by atomic mass is 10.0. The Kier molecular flexibility index (Phi) is 6.75. The molecule has 30 heavy (non-hydrogen) atoms. The molecule has 2 amide bonds. The van der Waals surface area contributed by atoms with Gasteiger partial charge in [0.15, 0.2) is 11.6 Å². The molecular formula is C23H20F2N2O3. The number of halogens is 2. The molecule has 0 aliphatic carbocycles. The fraction of sp³-hybridized carbons (Fsp3) is 0.130. The van der Waals surface area contributed by atoms with E-state index in [1.165, 1.54) is 0 Å². The number of hydrogen-bond acceptors (Lipinski definition) is 3. The Morgan fingerprint density at radius 2 is 1.63 bits per heavy atom. The van der Waals surface area contributed by atoms with Crippen LogP contribution in [0.5, 0.6) is 5.75 Å². The standard InChI is InChI=1S/C23H20F2N2O3/c24-19-10-9-17(13-20(19)25)23(29)27-21(22(26)28)12-16-7-4-8-18(11-16)30-14-15-5-2-1-3-6-15/h1-11,13,21H,12,14H2,(H2,26,28)(H,27,29)/t21-/m0/s1. The second-order valence-corrected chi connectivity index (χ2v) is 6.68. The van der Waals surface area contributed by atoms with Gasteiger partial charge in [0.1, 0.15) is 18.4 Å². The summed E-state index contributed by atoms with van der Waals surface area (Å²) in [7, 11) is 0. The zero-order valence-electron chi connectivity index (χ0n) is 16.0. The van der Waals surface area contributed by atoms with Gasteiger partial charge < -0.3 is 15.8 Å². The van der Waals surface area contributed by atoms with Crippen LogP contribution in [0.25, 0.3) is 0 Å². The zero-order chi connectivity index (χ0) is 21.5. The van der Waals surface area contributed by atoms with Crippen LogP contribution < -0.4 is 15.8 Å². The highest BCUT2D eigenvalue weighted by atomic mass is 19.2. The number of nitrogens with two attached hydrogens (primary N) is 1. The van der Waals surface area contributed by atoms with Gasteiger partial charge in [0.25, 0.3) is 5.91 Å². The zero-order valence-corrected chi connectivity index (χ0v) is 16.0. The van der Waals surface area contributed by atoms with Crippen LogP contribution in [0.4, 0.5) is 8.78 Å². The topological polar surface area (TPSA) is 81.4 Å². The quantitative estimate of drug-likeness (QED) is 0.597. The molecule has 7 heteroatoms. The molecule has 0 heterocycles. The van der Waals surface area contributed by atoms with Gasteiger partial charge in [0, 0.05) is 12.0 Å². The van der Waals surface area contributed by atoms with Gasteiger partial charge in [0.2, 0.25) is 5.91 Å². The molecule has 154 valence electrons. The van der Waals surface area contributed by atoms with E-state index in [9.17, 15) is 18.4 Å². The van der Waals surface area contributed by atoms with Crippen molar-refractivity contribution in [2.45, 2.75) is 19.1 Å². The third-order valence-electron chi connectivity index (χ3n) is 4.42. The molecule has 5 nitrogen and oxygen atoms in total. The Balaban J connectivity index is 1.66. The molecule has 0 bridgehead atoms. The molecule has 3 aromatic rings. The van der Waals surface area contributed by atoms with Gasteiger partial charge in [-0.15, -0.1) is 0 Å². The number of rotatable bonds is 8. The van der Waals surface area contributed by atoms with Crippen molar-refractivity contribution in [2.24, 2.45) is 5.73 Å². The smallest absolute Gasteiger partial charge is 0.252 e. The van der Waals surface area contributed by atoms with Gasteiger partial charge in [0.05, 0.1) is 0 Å². The Labute approximate surface area is 172 Å². The van der Waals surface area contributed by atoms with Crippen molar-refractivity contribution in [1.29, 1.82) is 0 Å². The van der Waals surface area contributed by atoms with E-state index in [0.717, 1.165) is 29.3 Å². The average Bonchev–Trinajstić information content (AvgIpc) is 2.74. The number of primary amides is 1. The van der Waals surface area contributed by atoms with Gasteiger partial charge in [-0.25, -0.2) is 8.78 Å². The summed E-state index contributed by atoms with van der Waals surface area (Å²) in [5.41, 5.74) is 7.04. The Morgan fingerprint density at radius 3 is 2.33 bits per heavy atom. The van der Waals surface area contributed by atoms with Crippen molar-refractivity contribution in [3.05, 3.63) is 101 Å². The van der Waals surface area contributed by atoms with E-state index >= 15 is 0 Å². The molecular weight excluding hydrogens is 390 g/mol. The average molecular weight is 410 g/mol. The first-order valence-electron chi connectivity index (χ1n) is 9.23. The summed E-state index contributed by atoms with van der Waals surface area (Å²) in [6, 6.07) is 18.4. The van der Waals surface area contributed by atoms with Crippen LogP contribution in [-0.4, -0.2) is 17.9 Å². The maximum atomic E-state index is 13.4. The summed E-state index contributed by atoms with van der Waals surface area (Å²) in [5, 5.41) is 2.46. The highest BCUT2D eigenvalue weighted by Gasteiger charge is 2.20. The molecule has 0 aliphatic rings. The molecule has 1 atom stereocenters. The second-order valence-electron chi connectivity index (χ2n) is 6.68. The van der Waals surface area contributed by atoms with Crippen LogP contribution in [0.2, 0.25) is 0 Å². The van der Waals surface area contributed by atoms with E-state index in [1.54, 1.807) is 24.3 Å². The Hall–Kier alpha value is -3.74. The van der Waals surface area contributed by atoms with Crippen LogP contribution in [0.15, 0.2) is 72.8 Å². The van der Waals surface area contributed by atoms with Crippen LogP contribution >= 0.6 is 0 Å². The fourth-order valence-corrected chi connectivity index (χ4v) is 2.84. The summed E-state index contributed by atoms with van der Waals surface area (Å²) in [4.78, 5) is 24.1. The molecule has 3 aromatic carbocycles. The predicted molar refractivity (Wildman–Crippen MR) is 108 cm³/mol. The van der Waals surface area contributed by atoms with Gasteiger partial charge in [-0.2, -0.15) is 0 Å². The summed E-state index contributed by atoms with van der Waals surface area (Å²) >= 11 is 0. The SMILES string of the molecule is NC(=O)[C@H](Cc1cccc(OCc2ccccc2)c1)NC(=O)c1ccc(F)c(F)c1. The third kappa shape index (κ3) is 5.64. The summed E-state index contributed by atoms with van der Waals surface area (Å²) < 4.78 is 32.2. The first-order chi connectivity index (χ1) is 14.4. The monoisotopic (exact) mass is 410 g/mol. The highest BCUT2D eigenvalue weighted by Crippen LogP contribution is 2.17. The number of amides is 2. The van der Waals surface area contributed by atoms with Gasteiger partial charge >= 0.3 is 0 Å². The van der Waals surface area contributed by atoms with Crippen molar-refractivity contribution in [3.8, 4) is 5.75 Å². The number of carbonyl (C=O) groups is 2. The van der Waals surface area contributed by atoms with Crippen molar-refractivity contribution in [1.82, 2.24) is 5.32 Å². The molecule has 0 spiro atoms. The van der Waals surface area contributed by atoms with E-state index in [0.29, 0.717) is 12.4 Å². The lowest BCUT2D eigenvalue weighted by molar-refractivity contribution is -0.119. The van der Waals surface area contributed by atoms with Crippen molar-refractivity contribution in [2.75, 3.05) is 0 Å². The van der Waals surface area contributed by atoms with Crippen molar-refractivity contribution >= 4 is 11.8 Å². The molecule has 0 fully saturated rings. The van der Waals surface area contributed by atoms with Crippen LogP contribution in [0.3, 0.4) is 0 Å². The summed E-state index contributed by atoms with van der Waals surface area (Å²) in [5.74, 6) is -3.09. The minimum Gasteiger partial charge on any atom is -0.489 e. The predicted octanol–water partition coefficient (Wildman–Crippen LogP) is 3.37. The van der Waals surface area contributed by atoms with Crippen molar-refractivity contribution < 1.29 is 23.1 Å². The van der Waals surface area contributed by atoms with E-state index < -0.39 is 29.5 Å². The molecule has 0 saturated heterocycles. The van der Waals surface area contributed by atoms with E-state index in [2.05, 4.69) is 5.32 Å². The molecule has 0 radical (unpaired) electrons. The van der Waals surface area contributed by atoms with Gasteiger partial charge in [-0.3, -0.25) is 9.59 Å². The first kappa shape index (κ1) is 21.0. The van der Waals surface area contributed by atoms with Crippen LogP contribution in [0.1, 0.15) is 21.5 Å². The van der Waals surface area contributed by atoms with E-state index in [4.69, 9.17) is 10.5 Å². The van der Waals surface area contributed by atoms with Gasteiger partial charge in [-0.1, -0.05) is 42.5 Å². The van der Waals surface area contributed by atoms with E-state index in [-0.39, 0.29) is 12.0 Å². The largest absolute Gasteiger partial charge is 0.489 e. The summed E-state index contributed by atoms with van der Waals surface area (Å²) in [6.07, 6.45) is 0.118. The third-order valence-corrected chi connectivity index (χ3v) is 4.42. The molecule has 3 rings (SSSR count). The molecule has 0 aromatic heterocycles. The number of nitrogens with one attached hydrogen (secondary N) is 1. The summed E-state index contributed by atoms with van der Waals surface area (Å²) in [6.45, 7) is 0.385. The highest BCUT2D eigenvalue weighted by molar-refractivity contribution is 5.97. The maximum Gasteiger partial charge on any atom is 0.252 e. The first-order valence-corrected chi connectivity index (χ1v) is 9.23. The molecule has 0 aliphatic heterocycles. The Morgan fingerprint density at radius 1 is 0.900 bits per heavy atom. The van der Waals surface area contributed by atoms with E-state index in [1.807, 2.05) is 30.3 Å². The van der Waals surface area contributed by atoms with Crippen LogP contribution in [0, 0.1) is 11.6 Å². The minimum atomic E-state index is -1.15. The lowest BCUT2D eigenvalue weighted by Crippen LogP contribution is -2.45. The number of carbonyl (C=O) groups excluding carboxylic acids is 2. The van der Waals surface area contributed by atoms with Crippen LogP contribution in [-0.2, 0) is 17.8 Å². The van der Waals surface area contributed by atoms with Crippen molar-refractivity contribution in [3.63, 3.8) is 0 Å². The molecule has 0 saturated carbocycles. The number of hydrogen-bond donors (Lipinski definition) is 2. The lowest BCUT2D eigenvalue weighted by Gasteiger charge is -2.16. The number of ether oxygens (including phenoxy) is 1. The molecule has 3 N–H and O–H groups in total. The fourth-order valence-electron chi connectivity index (χ4n) is 2.84. The molecule has 0 unspecified atom stereocenters. The Bertz CT molecular complexity index is 1040. The maximum absolute atomic E-state index is 13.4.